The summed E-state index contributed by atoms with van der Waals surface area (Å²) in [6.07, 6.45) is 8.75. The van der Waals surface area contributed by atoms with Crippen LogP contribution in [0.2, 0.25) is 0 Å². The van der Waals surface area contributed by atoms with E-state index in [9.17, 15) is 9.36 Å². The Labute approximate surface area is 127 Å². The van der Waals surface area contributed by atoms with Gasteiger partial charge in [0.15, 0.2) is 0 Å². The second-order valence-electron chi connectivity index (χ2n) is 7.27. The highest BCUT2D eigenvalue weighted by molar-refractivity contribution is 7.62. The molecule has 0 N–H and O–H groups in total. The number of hydrogen-bond acceptors (Lipinski definition) is 2. The van der Waals surface area contributed by atoms with Gasteiger partial charge in [-0.15, -0.1) is 0 Å². The number of fused-ring (bicyclic) bond motifs is 2. The summed E-state index contributed by atoms with van der Waals surface area (Å²) in [7, 11) is 1.49. The Morgan fingerprint density at radius 1 is 1.10 bits per heavy atom. The van der Waals surface area contributed by atoms with Crippen molar-refractivity contribution in [3.63, 3.8) is 0 Å². The van der Waals surface area contributed by atoms with E-state index in [1.165, 1.54) is 12.8 Å². The van der Waals surface area contributed by atoms with Crippen molar-refractivity contribution in [2.75, 3.05) is 14.1 Å². The molecule has 5 heteroatoms. The van der Waals surface area contributed by atoms with Gasteiger partial charge in [0.25, 0.3) is 0 Å². The SMILES string of the molecule is CN1[C@@H]2CCCC[C@H]2N(C)P1(=O)/C=C/[C@@H]1[C@@H]2CCC(=O)[C@H]12. The molecule has 3 aliphatic carbocycles. The van der Waals surface area contributed by atoms with Gasteiger partial charge in [0.1, 0.15) is 5.78 Å². The molecule has 0 spiro atoms. The summed E-state index contributed by atoms with van der Waals surface area (Å²) < 4.78 is 17.7. The molecule has 1 aliphatic heterocycles. The van der Waals surface area contributed by atoms with Gasteiger partial charge in [-0.25, -0.2) is 9.34 Å². The van der Waals surface area contributed by atoms with Crippen LogP contribution in [0.25, 0.3) is 0 Å². The Balaban J connectivity index is 1.54. The molecule has 4 fully saturated rings. The first-order chi connectivity index (χ1) is 10.0. The molecule has 3 saturated carbocycles. The number of Topliss-reactive ketones (excluding diaryl/α,β-unsaturated/α-hetero) is 1. The van der Waals surface area contributed by atoms with E-state index in [1.807, 2.05) is 19.9 Å². The van der Waals surface area contributed by atoms with Crippen molar-refractivity contribution < 1.29 is 9.36 Å². The fraction of sp³-hybridized carbons (Fsp3) is 0.812. The lowest BCUT2D eigenvalue weighted by atomic mass is 9.91. The van der Waals surface area contributed by atoms with Gasteiger partial charge in [0.2, 0.25) is 7.44 Å². The number of nitrogens with zero attached hydrogens (tertiary/aromatic N) is 2. The first kappa shape index (κ1) is 14.2. The molecule has 5 atom stereocenters. The Bertz CT molecular complexity index is 524. The molecule has 4 aliphatic rings. The van der Waals surface area contributed by atoms with Crippen LogP contribution < -0.4 is 0 Å². The third-order valence-corrected chi connectivity index (χ3v) is 9.35. The highest BCUT2D eigenvalue weighted by Crippen LogP contribution is 2.64. The zero-order valence-electron chi connectivity index (χ0n) is 12.9. The van der Waals surface area contributed by atoms with Crippen LogP contribution in [0, 0.1) is 17.8 Å². The third-order valence-electron chi connectivity index (χ3n) is 6.39. The monoisotopic (exact) mass is 308 g/mol. The highest BCUT2D eigenvalue weighted by Gasteiger charge is 2.57. The highest BCUT2D eigenvalue weighted by atomic mass is 31.2. The summed E-state index contributed by atoms with van der Waals surface area (Å²) >= 11 is 0. The lowest BCUT2D eigenvalue weighted by Gasteiger charge is -2.28. The molecule has 116 valence electrons. The van der Waals surface area contributed by atoms with Crippen molar-refractivity contribution >= 4 is 13.2 Å². The number of carbonyl (C=O) groups excluding carboxylic acids is 1. The van der Waals surface area contributed by atoms with Crippen molar-refractivity contribution in [1.29, 1.82) is 0 Å². The predicted molar refractivity (Wildman–Crippen MR) is 83.0 cm³/mol. The number of likely N-dealkylation sites (N-methyl/N-ethyl adjacent to an activating group) is 2. The van der Waals surface area contributed by atoms with E-state index in [1.54, 1.807) is 0 Å². The molecule has 0 aromatic heterocycles. The Kier molecular flexibility index (Phi) is 3.22. The van der Waals surface area contributed by atoms with Gasteiger partial charge in [-0.1, -0.05) is 18.9 Å². The van der Waals surface area contributed by atoms with E-state index >= 15 is 0 Å². The number of allylic oxidation sites excluding steroid dienone is 1. The van der Waals surface area contributed by atoms with Gasteiger partial charge in [0, 0.05) is 30.2 Å². The van der Waals surface area contributed by atoms with E-state index in [2.05, 4.69) is 15.4 Å². The second-order valence-corrected chi connectivity index (χ2v) is 10.0. The quantitative estimate of drug-likeness (QED) is 0.735. The van der Waals surface area contributed by atoms with Crippen molar-refractivity contribution in [2.45, 2.75) is 50.6 Å². The van der Waals surface area contributed by atoms with Gasteiger partial charge in [-0.3, -0.25) is 9.36 Å². The van der Waals surface area contributed by atoms with Crippen molar-refractivity contribution in [1.82, 2.24) is 9.34 Å². The van der Waals surface area contributed by atoms with Crippen LogP contribution in [-0.4, -0.2) is 41.3 Å². The standard InChI is InChI=1S/C16H25N2O2P/c1-17-13-5-3-4-6-14(13)18(2)21(17,20)10-9-12-11-7-8-15(19)16(11)12/h9-14,16H,3-8H2,1-2H3/b10-9+/t11-,12+,13+,14+,16-/m0/s1. The van der Waals surface area contributed by atoms with Crippen LogP contribution in [0.5, 0.6) is 0 Å². The molecule has 0 bridgehead atoms. The first-order valence-corrected chi connectivity index (χ1v) is 10.0. The molecule has 21 heavy (non-hydrogen) atoms. The molecule has 0 unspecified atom stereocenters. The second kappa shape index (κ2) is 4.78. The number of ketones is 1. The zero-order valence-corrected chi connectivity index (χ0v) is 13.8. The topological polar surface area (TPSA) is 40.6 Å². The molecular formula is C16H25N2O2P. The molecule has 4 nitrogen and oxygen atoms in total. The minimum atomic E-state index is -2.56. The zero-order chi connectivity index (χ0) is 14.8. The van der Waals surface area contributed by atoms with Gasteiger partial charge in [-0.2, -0.15) is 0 Å². The van der Waals surface area contributed by atoms with E-state index in [0.29, 0.717) is 29.7 Å². The first-order valence-electron chi connectivity index (χ1n) is 8.32. The summed E-state index contributed by atoms with van der Waals surface area (Å²) in [5.74, 6) is 3.58. The summed E-state index contributed by atoms with van der Waals surface area (Å²) in [4.78, 5) is 11.7. The van der Waals surface area contributed by atoms with E-state index in [-0.39, 0.29) is 5.92 Å². The predicted octanol–water partition coefficient (Wildman–Crippen LogP) is 3.11. The molecular weight excluding hydrogens is 283 g/mol. The van der Waals surface area contributed by atoms with Crippen LogP contribution >= 0.6 is 7.44 Å². The average Bonchev–Trinajstić information content (AvgIpc) is 3.02. The van der Waals surface area contributed by atoms with Crippen molar-refractivity contribution in [3.05, 3.63) is 11.9 Å². The van der Waals surface area contributed by atoms with E-state index < -0.39 is 7.44 Å². The number of rotatable bonds is 2. The van der Waals surface area contributed by atoms with Gasteiger partial charge < -0.3 is 0 Å². The normalized spacial score (nSPS) is 46.0. The number of hydrogen-bond donors (Lipinski definition) is 0. The van der Waals surface area contributed by atoms with Gasteiger partial charge in [0.05, 0.1) is 0 Å². The molecule has 4 rings (SSSR count). The van der Waals surface area contributed by atoms with E-state index in [4.69, 9.17) is 0 Å². The van der Waals surface area contributed by atoms with Crippen LogP contribution in [0.3, 0.4) is 0 Å². The smallest absolute Gasteiger partial charge is 0.238 e. The van der Waals surface area contributed by atoms with Crippen LogP contribution in [-0.2, 0) is 9.36 Å². The fourth-order valence-electron chi connectivity index (χ4n) is 5.00. The average molecular weight is 308 g/mol. The minimum Gasteiger partial charge on any atom is -0.299 e. The van der Waals surface area contributed by atoms with Crippen LogP contribution in [0.1, 0.15) is 38.5 Å². The Morgan fingerprint density at radius 3 is 2.24 bits per heavy atom. The van der Waals surface area contributed by atoms with Gasteiger partial charge >= 0.3 is 0 Å². The van der Waals surface area contributed by atoms with Crippen molar-refractivity contribution in [2.24, 2.45) is 17.8 Å². The minimum absolute atomic E-state index is 0.258. The molecule has 0 aromatic carbocycles. The maximum absolute atomic E-state index is 13.5. The summed E-state index contributed by atoms with van der Waals surface area (Å²) in [5, 5.41) is 0. The van der Waals surface area contributed by atoms with E-state index in [0.717, 1.165) is 25.7 Å². The van der Waals surface area contributed by atoms with Crippen LogP contribution in [0.15, 0.2) is 11.9 Å². The maximum Gasteiger partial charge on any atom is 0.238 e. The molecule has 1 saturated heterocycles. The third kappa shape index (κ3) is 1.95. The summed E-state index contributed by atoms with van der Waals surface area (Å²) in [6.45, 7) is 0. The molecule has 1 heterocycles. The fourth-order valence-corrected chi connectivity index (χ4v) is 7.67. The largest absolute Gasteiger partial charge is 0.299 e. The summed E-state index contributed by atoms with van der Waals surface area (Å²) in [6, 6.07) is 0.888. The number of carbonyl (C=O) groups is 1. The molecule has 0 aromatic rings. The summed E-state index contributed by atoms with van der Waals surface area (Å²) in [5.41, 5.74) is 0. The van der Waals surface area contributed by atoms with Crippen molar-refractivity contribution in [3.8, 4) is 0 Å². The lowest BCUT2D eigenvalue weighted by molar-refractivity contribution is -0.119. The molecule has 0 amide bonds. The molecule has 0 radical (unpaired) electrons. The Morgan fingerprint density at radius 2 is 1.71 bits per heavy atom. The van der Waals surface area contributed by atoms with Crippen LogP contribution in [0.4, 0.5) is 0 Å². The maximum atomic E-state index is 13.5. The Hall–Kier alpha value is -0.440. The van der Waals surface area contributed by atoms with Gasteiger partial charge in [-0.05, 0) is 45.2 Å². The lowest BCUT2D eigenvalue weighted by Crippen LogP contribution is -2.37.